The lowest BCUT2D eigenvalue weighted by Gasteiger charge is -2.05. The van der Waals surface area contributed by atoms with E-state index >= 15 is 0 Å². The van der Waals surface area contributed by atoms with Crippen LogP contribution in [0.25, 0.3) is 0 Å². The molecule has 0 fully saturated rings. The lowest BCUT2D eigenvalue weighted by atomic mass is 10.1. The van der Waals surface area contributed by atoms with Crippen molar-refractivity contribution in [2.24, 2.45) is 0 Å². The summed E-state index contributed by atoms with van der Waals surface area (Å²) in [5, 5.41) is 2.56. The van der Waals surface area contributed by atoms with Crippen molar-refractivity contribution < 1.29 is 13.6 Å². The fourth-order valence-electron chi connectivity index (χ4n) is 1.16. The molecule has 0 bridgehead atoms. The summed E-state index contributed by atoms with van der Waals surface area (Å²) in [5.41, 5.74) is -0.190. The first kappa shape index (κ1) is 10.8. The van der Waals surface area contributed by atoms with Gasteiger partial charge in [0.15, 0.2) is 5.78 Å². The van der Waals surface area contributed by atoms with Crippen LogP contribution in [-0.2, 0) is 0 Å². The minimum absolute atomic E-state index is 0.0721. The molecule has 0 heterocycles. The van der Waals surface area contributed by atoms with Crippen LogP contribution < -0.4 is 5.32 Å². The summed E-state index contributed by atoms with van der Waals surface area (Å²) in [6.07, 6.45) is 0. The number of benzene rings is 1. The van der Waals surface area contributed by atoms with Crippen LogP contribution in [0, 0.1) is 18.6 Å². The van der Waals surface area contributed by atoms with E-state index < -0.39 is 23.0 Å². The molecule has 4 heteroatoms. The monoisotopic (exact) mass is 199 g/mol. The van der Waals surface area contributed by atoms with Gasteiger partial charge in [-0.2, -0.15) is 0 Å². The maximum absolute atomic E-state index is 13.3. The van der Waals surface area contributed by atoms with E-state index in [0.29, 0.717) is 0 Å². The topological polar surface area (TPSA) is 29.1 Å². The van der Waals surface area contributed by atoms with Gasteiger partial charge in [0.05, 0.1) is 12.1 Å². The number of ketones is 1. The number of halogens is 2. The number of Topliss-reactive ketones (excluding diaryl/α,β-unsaturated/α-hetero) is 1. The number of hydrogen-bond donors (Lipinski definition) is 1. The van der Waals surface area contributed by atoms with Crippen LogP contribution in [0.15, 0.2) is 12.1 Å². The Hall–Kier alpha value is -1.29. The lowest BCUT2D eigenvalue weighted by molar-refractivity contribution is 0.0985. The van der Waals surface area contributed by atoms with Crippen LogP contribution in [0.1, 0.15) is 15.9 Å². The third kappa shape index (κ3) is 1.96. The van der Waals surface area contributed by atoms with Crippen molar-refractivity contribution in [2.45, 2.75) is 6.92 Å². The third-order valence-electron chi connectivity index (χ3n) is 1.90. The molecule has 0 saturated carbocycles. The second-order valence-corrected chi connectivity index (χ2v) is 3.01. The molecular formula is C10H11F2NO. The van der Waals surface area contributed by atoms with Gasteiger partial charge in [-0.25, -0.2) is 8.78 Å². The molecule has 14 heavy (non-hydrogen) atoms. The van der Waals surface area contributed by atoms with Gasteiger partial charge >= 0.3 is 0 Å². The zero-order chi connectivity index (χ0) is 10.7. The van der Waals surface area contributed by atoms with E-state index in [1.807, 2.05) is 0 Å². The minimum atomic E-state index is -0.812. The molecule has 0 aromatic heterocycles. The van der Waals surface area contributed by atoms with Crippen molar-refractivity contribution in [2.75, 3.05) is 13.6 Å². The van der Waals surface area contributed by atoms with Gasteiger partial charge in [-0.1, -0.05) is 6.07 Å². The second-order valence-electron chi connectivity index (χ2n) is 3.01. The fourth-order valence-corrected chi connectivity index (χ4v) is 1.16. The van der Waals surface area contributed by atoms with Gasteiger partial charge in [-0.15, -0.1) is 0 Å². The summed E-state index contributed by atoms with van der Waals surface area (Å²) < 4.78 is 26.5. The Morgan fingerprint density at radius 1 is 1.43 bits per heavy atom. The summed E-state index contributed by atoms with van der Waals surface area (Å²) in [6.45, 7) is 1.42. The smallest absolute Gasteiger partial charge is 0.182 e. The van der Waals surface area contributed by atoms with Crippen molar-refractivity contribution in [3.63, 3.8) is 0 Å². The molecule has 0 aliphatic carbocycles. The zero-order valence-electron chi connectivity index (χ0n) is 8.03. The number of rotatable bonds is 3. The number of carbonyl (C=O) groups excluding carboxylic acids is 1. The molecule has 0 radical (unpaired) electrons. The molecule has 1 N–H and O–H groups in total. The molecular weight excluding hydrogens is 188 g/mol. The zero-order valence-corrected chi connectivity index (χ0v) is 8.03. The Morgan fingerprint density at radius 2 is 2.07 bits per heavy atom. The summed E-state index contributed by atoms with van der Waals surface area (Å²) in [4.78, 5) is 11.3. The number of hydrogen-bond acceptors (Lipinski definition) is 2. The van der Waals surface area contributed by atoms with Gasteiger partial charge in [0.2, 0.25) is 0 Å². The third-order valence-corrected chi connectivity index (χ3v) is 1.90. The summed E-state index contributed by atoms with van der Waals surface area (Å²) in [5.74, 6) is -2.16. The SMILES string of the molecule is CNCC(=O)c1c(F)ccc(C)c1F. The number of carbonyl (C=O) groups is 1. The Labute approximate surface area is 80.9 Å². The molecule has 1 aromatic rings. The van der Waals surface area contributed by atoms with Crippen LogP contribution in [0.4, 0.5) is 8.78 Å². The van der Waals surface area contributed by atoms with E-state index in [1.54, 1.807) is 7.05 Å². The molecule has 0 unspecified atom stereocenters. The standard InChI is InChI=1S/C10H11F2NO/c1-6-3-4-7(11)9(10(6)12)8(14)5-13-2/h3-4,13H,5H2,1-2H3. The minimum Gasteiger partial charge on any atom is -0.313 e. The van der Waals surface area contributed by atoms with E-state index in [4.69, 9.17) is 0 Å². The lowest BCUT2D eigenvalue weighted by Crippen LogP contribution is -2.21. The van der Waals surface area contributed by atoms with Crippen molar-refractivity contribution in [1.29, 1.82) is 0 Å². The van der Waals surface area contributed by atoms with Gasteiger partial charge in [0.25, 0.3) is 0 Å². The van der Waals surface area contributed by atoms with Crippen molar-refractivity contribution in [1.82, 2.24) is 5.32 Å². The maximum Gasteiger partial charge on any atom is 0.182 e. The number of nitrogens with one attached hydrogen (secondary N) is 1. The fraction of sp³-hybridized carbons (Fsp3) is 0.300. The summed E-state index contributed by atoms with van der Waals surface area (Å²) in [7, 11) is 1.55. The molecule has 0 atom stereocenters. The highest BCUT2D eigenvalue weighted by atomic mass is 19.1. The highest BCUT2D eigenvalue weighted by molar-refractivity contribution is 5.98. The quantitative estimate of drug-likeness (QED) is 0.750. The van der Waals surface area contributed by atoms with E-state index in [1.165, 1.54) is 13.0 Å². The maximum atomic E-state index is 13.3. The first-order valence-electron chi connectivity index (χ1n) is 4.20. The average molecular weight is 199 g/mol. The van der Waals surface area contributed by atoms with Crippen molar-refractivity contribution >= 4 is 5.78 Å². The first-order chi connectivity index (χ1) is 6.57. The molecule has 0 saturated heterocycles. The largest absolute Gasteiger partial charge is 0.313 e. The van der Waals surface area contributed by atoms with Crippen LogP contribution in [0.3, 0.4) is 0 Å². The Morgan fingerprint density at radius 3 is 2.64 bits per heavy atom. The number of likely N-dealkylation sites (N-methyl/N-ethyl adjacent to an activating group) is 1. The van der Waals surface area contributed by atoms with E-state index in [0.717, 1.165) is 6.07 Å². The molecule has 0 spiro atoms. The second kappa shape index (κ2) is 4.28. The van der Waals surface area contributed by atoms with Crippen LogP contribution >= 0.6 is 0 Å². The van der Waals surface area contributed by atoms with E-state index in [2.05, 4.69) is 5.32 Å². The van der Waals surface area contributed by atoms with E-state index in [-0.39, 0.29) is 12.1 Å². The summed E-state index contributed by atoms with van der Waals surface area (Å²) in [6, 6.07) is 2.40. The van der Waals surface area contributed by atoms with Crippen LogP contribution in [0.5, 0.6) is 0 Å². The predicted octanol–water partition coefficient (Wildman–Crippen LogP) is 1.68. The molecule has 1 rings (SSSR count). The van der Waals surface area contributed by atoms with Gasteiger partial charge in [-0.05, 0) is 25.6 Å². The Bertz CT molecular complexity index is 363. The molecule has 0 amide bonds. The molecule has 0 aliphatic rings. The predicted molar refractivity (Wildman–Crippen MR) is 49.4 cm³/mol. The van der Waals surface area contributed by atoms with Gasteiger partial charge < -0.3 is 5.32 Å². The number of aryl methyl sites for hydroxylation is 1. The van der Waals surface area contributed by atoms with Gasteiger partial charge in [-0.3, -0.25) is 4.79 Å². The van der Waals surface area contributed by atoms with Crippen LogP contribution in [-0.4, -0.2) is 19.4 Å². The highest BCUT2D eigenvalue weighted by Gasteiger charge is 2.17. The van der Waals surface area contributed by atoms with E-state index in [9.17, 15) is 13.6 Å². The van der Waals surface area contributed by atoms with Crippen molar-refractivity contribution in [3.8, 4) is 0 Å². The molecule has 0 aliphatic heterocycles. The van der Waals surface area contributed by atoms with Gasteiger partial charge in [0.1, 0.15) is 11.6 Å². The average Bonchev–Trinajstić information content (AvgIpc) is 2.13. The Balaban J connectivity index is 3.18. The Kier molecular flexibility index (Phi) is 3.30. The highest BCUT2D eigenvalue weighted by Crippen LogP contribution is 2.16. The van der Waals surface area contributed by atoms with Crippen LogP contribution in [0.2, 0.25) is 0 Å². The van der Waals surface area contributed by atoms with Gasteiger partial charge in [0, 0.05) is 0 Å². The molecule has 1 aromatic carbocycles. The summed E-state index contributed by atoms with van der Waals surface area (Å²) >= 11 is 0. The van der Waals surface area contributed by atoms with Crippen molar-refractivity contribution in [3.05, 3.63) is 34.9 Å². The normalized spacial score (nSPS) is 10.3. The first-order valence-corrected chi connectivity index (χ1v) is 4.20. The molecule has 2 nitrogen and oxygen atoms in total. The molecule has 76 valence electrons.